The summed E-state index contributed by atoms with van der Waals surface area (Å²) in [5, 5.41) is 15.5. The minimum absolute atomic E-state index is 0.00418. The molecule has 3 atom stereocenters. The molecule has 1 aliphatic carbocycles. The molecule has 5 rings (SSSR count). The lowest BCUT2D eigenvalue weighted by Crippen LogP contribution is -2.59. The summed E-state index contributed by atoms with van der Waals surface area (Å²) in [4.78, 5) is 41.9. The van der Waals surface area contributed by atoms with Crippen molar-refractivity contribution in [3.63, 3.8) is 0 Å². The number of aliphatic hydroxyl groups is 1. The molecule has 0 unspecified atom stereocenters. The van der Waals surface area contributed by atoms with E-state index in [0.29, 0.717) is 42.9 Å². The average molecular weight is 603 g/mol. The maximum absolute atomic E-state index is 14.0. The van der Waals surface area contributed by atoms with Gasteiger partial charge in [-0.05, 0) is 66.3 Å². The second kappa shape index (κ2) is 12.5. The molecular formula is C35H39ClN2O5. The number of methoxy groups -OCH3 is 1. The van der Waals surface area contributed by atoms with Gasteiger partial charge < -0.3 is 20.1 Å². The van der Waals surface area contributed by atoms with Crippen LogP contribution in [0.25, 0.3) is 11.1 Å². The van der Waals surface area contributed by atoms with Crippen LogP contribution >= 0.6 is 11.6 Å². The highest BCUT2D eigenvalue weighted by molar-refractivity contribution is 6.30. The number of piperidine rings is 1. The normalized spacial score (nSPS) is 23.3. The first kappa shape index (κ1) is 30.8. The number of nitrogens with one attached hydrogen (secondary N) is 1. The molecule has 2 N–H and O–H groups in total. The van der Waals surface area contributed by atoms with Gasteiger partial charge in [-0.25, -0.2) is 4.79 Å². The number of carbonyl (C=O) groups is 3. The number of nitrogens with zero attached hydrogens (tertiary/aromatic N) is 1. The van der Waals surface area contributed by atoms with Crippen LogP contribution in [0.1, 0.15) is 72.2 Å². The molecule has 1 saturated heterocycles. The molecule has 1 heterocycles. The maximum Gasteiger partial charge on any atom is 0.337 e. The van der Waals surface area contributed by atoms with E-state index >= 15 is 0 Å². The van der Waals surface area contributed by atoms with Crippen LogP contribution in [0.4, 0.5) is 0 Å². The van der Waals surface area contributed by atoms with Gasteiger partial charge in [0, 0.05) is 35.1 Å². The standard InChI is InChI=1S/C35H39ClN2O5/c1-34(2)22-38(18-17-35(34,42)27-13-15-28(36)16-14-27)32(40)29-11-7-8-12-30(29)37-31(39)25-19-24(23-9-5-4-6-10-23)20-26(21-25)33(41)43-3/h4-6,9-10,13-16,19-21,29-30,42H,7-8,11-12,17-18,22H2,1-3H3,(H,37,39)/t29-,30+,35-/m0/s1. The van der Waals surface area contributed by atoms with Crippen LogP contribution in [0.5, 0.6) is 0 Å². The molecule has 0 aromatic heterocycles. The second-order valence-electron chi connectivity index (χ2n) is 12.4. The van der Waals surface area contributed by atoms with Gasteiger partial charge in [-0.3, -0.25) is 9.59 Å². The molecule has 2 aliphatic rings. The summed E-state index contributed by atoms with van der Waals surface area (Å²) in [5.41, 5.74) is 1.31. The van der Waals surface area contributed by atoms with Crippen molar-refractivity contribution in [1.82, 2.24) is 10.2 Å². The molecular weight excluding hydrogens is 564 g/mol. The lowest BCUT2D eigenvalue weighted by Gasteiger charge is -2.51. The van der Waals surface area contributed by atoms with E-state index < -0.39 is 17.0 Å². The van der Waals surface area contributed by atoms with Crippen LogP contribution in [-0.2, 0) is 15.1 Å². The van der Waals surface area contributed by atoms with E-state index in [1.807, 2.05) is 61.2 Å². The van der Waals surface area contributed by atoms with Crippen molar-refractivity contribution in [1.29, 1.82) is 0 Å². The average Bonchev–Trinajstić information content (AvgIpc) is 3.02. The maximum atomic E-state index is 14.0. The van der Waals surface area contributed by atoms with E-state index in [1.165, 1.54) is 13.2 Å². The van der Waals surface area contributed by atoms with E-state index in [4.69, 9.17) is 16.3 Å². The van der Waals surface area contributed by atoms with Crippen molar-refractivity contribution in [2.45, 2.75) is 57.6 Å². The van der Waals surface area contributed by atoms with E-state index in [0.717, 1.165) is 29.5 Å². The third-order valence-corrected chi connectivity index (χ3v) is 9.46. The van der Waals surface area contributed by atoms with E-state index in [9.17, 15) is 19.5 Å². The minimum atomic E-state index is -1.10. The summed E-state index contributed by atoms with van der Waals surface area (Å²) in [6.07, 6.45) is 3.59. The van der Waals surface area contributed by atoms with Crippen LogP contribution in [-0.4, -0.2) is 54.0 Å². The van der Waals surface area contributed by atoms with Crippen LogP contribution < -0.4 is 5.32 Å². The number of carbonyl (C=O) groups excluding carboxylic acids is 3. The van der Waals surface area contributed by atoms with Gasteiger partial charge in [-0.15, -0.1) is 0 Å². The number of rotatable bonds is 6. The Kier molecular flexibility index (Phi) is 8.95. The Bertz CT molecular complexity index is 1490. The summed E-state index contributed by atoms with van der Waals surface area (Å²) in [6.45, 7) is 4.78. The van der Waals surface area contributed by atoms with Gasteiger partial charge in [0.05, 0.1) is 24.2 Å². The Morgan fingerprint density at radius 1 is 0.930 bits per heavy atom. The largest absolute Gasteiger partial charge is 0.465 e. The second-order valence-corrected chi connectivity index (χ2v) is 12.8. The number of likely N-dealkylation sites (tertiary alicyclic amines) is 1. The molecule has 43 heavy (non-hydrogen) atoms. The summed E-state index contributed by atoms with van der Waals surface area (Å²) >= 11 is 6.09. The minimum Gasteiger partial charge on any atom is -0.465 e. The molecule has 2 amide bonds. The third kappa shape index (κ3) is 6.34. The Morgan fingerprint density at radius 3 is 2.28 bits per heavy atom. The Labute approximate surface area is 258 Å². The van der Waals surface area contributed by atoms with Crippen LogP contribution in [0.15, 0.2) is 72.8 Å². The fraction of sp³-hybridized carbons (Fsp3) is 0.400. The number of hydrogen-bond acceptors (Lipinski definition) is 5. The van der Waals surface area contributed by atoms with Crippen LogP contribution in [0, 0.1) is 11.3 Å². The monoisotopic (exact) mass is 602 g/mol. The molecule has 0 spiro atoms. The van der Waals surface area contributed by atoms with Gasteiger partial charge in [-0.1, -0.05) is 80.8 Å². The van der Waals surface area contributed by atoms with Crippen molar-refractivity contribution in [2.75, 3.05) is 20.2 Å². The first-order valence-corrected chi connectivity index (χ1v) is 15.3. The topological polar surface area (TPSA) is 95.9 Å². The number of benzene rings is 3. The molecule has 7 nitrogen and oxygen atoms in total. The molecule has 226 valence electrons. The highest BCUT2D eigenvalue weighted by atomic mass is 35.5. The molecule has 1 saturated carbocycles. The highest BCUT2D eigenvalue weighted by Crippen LogP contribution is 2.46. The molecule has 3 aromatic carbocycles. The van der Waals surface area contributed by atoms with E-state index in [2.05, 4.69) is 5.32 Å². The number of halogens is 1. The van der Waals surface area contributed by atoms with Gasteiger partial charge >= 0.3 is 5.97 Å². The zero-order valence-corrected chi connectivity index (χ0v) is 25.7. The summed E-state index contributed by atoms with van der Waals surface area (Å²) in [7, 11) is 1.31. The Hall–Kier alpha value is -3.68. The fourth-order valence-corrected chi connectivity index (χ4v) is 6.77. The fourth-order valence-electron chi connectivity index (χ4n) is 6.65. The molecule has 1 aliphatic heterocycles. The van der Waals surface area contributed by atoms with Crippen molar-refractivity contribution >= 4 is 29.4 Å². The molecule has 8 heteroatoms. The van der Waals surface area contributed by atoms with Gasteiger partial charge in [0.1, 0.15) is 0 Å². The molecule has 2 fully saturated rings. The molecule has 0 bridgehead atoms. The van der Waals surface area contributed by atoms with Crippen molar-refractivity contribution in [2.24, 2.45) is 11.3 Å². The summed E-state index contributed by atoms with van der Waals surface area (Å²) in [6, 6.07) is 21.5. The Morgan fingerprint density at radius 2 is 1.60 bits per heavy atom. The first-order chi connectivity index (χ1) is 20.5. The number of amides is 2. The molecule has 3 aromatic rings. The van der Waals surface area contributed by atoms with Crippen molar-refractivity contribution in [3.8, 4) is 11.1 Å². The quantitative estimate of drug-likeness (QED) is 0.326. The smallest absolute Gasteiger partial charge is 0.337 e. The van der Waals surface area contributed by atoms with Crippen LogP contribution in [0.3, 0.4) is 0 Å². The van der Waals surface area contributed by atoms with Gasteiger partial charge in [0.2, 0.25) is 5.91 Å². The third-order valence-electron chi connectivity index (χ3n) is 9.21. The van der Waals surface area contributed by atoms with Crippen molar-refractivity contribution < 1.29 is 24.2 Å². The highest BCUT2D eigenvalue weighted by Gasteiger charge is 2.50. The molecule has 0 radical (unpaired) electrons. The Balaban J connectivity index is 1.34. The number of hydrogen-bond donors (Lipinski definition) is 2. The lowest BCUT2D eigenvalue weighted by molar-refractivity contribution is -0.158. The summed E-state index contributed by atoms with van der Waals surface area (Å²) in [5.74, 6) is -1.22. The van der Waals surface area contributed by atoms with E-state index in [1.54, 1.807) is 24.3 Å². The van der Waals surface area contributed by atoms with Crippen molar-refractivity contribution in [3.05, 3.63) is 94.5 Å². The number of esters is 1. The van der Waals surface area contributed by atoms with Crippen LogP contribution in [0.2, 0.25) is 5.02 Å². The van der Waals surface area contributed by atoms with Gasteiger partial charge in [0.15, 0.2) is 0 Å². The van der Waals surface area contributed by atoms with E-state index in [-0.39, 0.29) is 29.3 Å². The van der Waals surface area contributed by atoms with Gasteiger partial charge in [-0.2, -0.15) is 0 Å². The number of ether oxygens (including phenoxy) is 1. The SMILES string of the molecule is COC(=O)c1cc(C(=O)N[C@@H]2CCCC[C@@H]2C(=O)N2CC[C@](O)(c3ccc(Cl)cc3)C(C)(C)C2)cc(-c2ccccc2)c1. The summed E-state index contributed by atoms with van der Waals surface area (Å²) < 4.78 is 4.95. The lowest BCUT2D eigenvalue weighted by atomic mass is 9.66. The van der Waals surface area contributed by atoms with Gasteiger partial charge in [0.25, 0.3) is 5.91 Å². The first-order valence-electron chi connectivity index (χ1n) is 14.9. The zero-order valence-electron chi connectivity index (χ0n) is 24.9. The zero-order chi connectivity index (χ0) is 30.8. The predicted octanol–water partition coefficient (Wildman–Crippen LogP) is 6.23. The predicted molar refractivity (Wildman–Crippen MR) is 167 cm³/mol.